The van der Waals surface area contributed by atoms with Crippen LogP contribution in [-0.4, -0.2) is 36.4 Å². The lowest BCUT2D eigenvalue weighted by atomic mass is 10.1. The molecule has 2 aromatic carbocycles. The molecule has 0 aliphatic carbocycles. The summed E-state index contributed by atoms with van der Waals surface area (Å²) in [4.78, 5) is 24.2. The van der Waals surface area contributed by atoms with E-state index >= 15 is 0 Å². The average molecular weight is 426 g/mol. The van der Waals surface area contributed by atoms with E-state index in [2.05, 4.69) is 5.10 Å². The molecule has 0 saturated heterocycles. The first-order valence-electron chi connectivity index (χ1n) is 8.68. The number of halogens is 1. The first-order chi connectivity index (χ1) is 14.3. The number of hydrazone groups is 1. The maximum absolute atomic E-state index is 12.9. The van der Waals surface area contributed by atoms with Gasteiger partial charge in [-0.3, -0.25) is 4.79 Å². The summed E-state index contributed by atoms with van der Waals surface area (Å²) < 4.78 is 10.6. The predicted octanol–water partition coefficient (Wildman–Crippen LogP) is 3.76. The first kappa shape index (κ1) is 20.9. The second-order valence-corrected chi connectivity index (χ2v) is 6.59. The summed E-state index contributed by atoms with van der Waals surface area (Å²) in [5.41, 5.74) is 1.65. The number of benzene rings is 2. The quantitative estimate of drug-likeness (QED) is 0.705. The van der Waals surface area contributed by atoms with Crippen LogP contribution in [0.1, 0.15) is 22.8 Å². The lowest BCUT2D eigenvalue weighted by Gasteiger charge is -2.13. The molecule has 0 fully saturated rings. The van der Waals surface area contributed by atoms with Crippen molar-refractivity contribution in [2.45, 2.75) is 6.92 Å². The number of anilines is 1. The lowest BCUT2D eigenvalue weighted by Crippen LogP contribution is -2.21. The standard InChI is InChI=1S/C21H16ClN3O5/c1-12-15(9-13-3-6-18(30-8-7-23)19(10-13)29-2)20(26)25(24-12)14-4-5-17(22)16(11-14)21(27)28/h3-6,9-11H,8H2,1-2H3,(H,27,28)/b15-9-. The molecule has 9 heteroatoms. The molecule has 1 aliphatic heterocycles. The molecule has 0 bridgehead atoms. The molecule has 0 saturated carbocycles. The number of carboxylic acid groups (broad SMARTS) is 1. The van der Waals surface area contributed by atoms with Crippen LogP contribution in [0, 0.1) is 11.3 Å². The number of aromatic carboxylic acids is 1. The van der Waals surface area contributed by atoms with Gasteiger partial charge in [-0.05, 0) is 48.9 Å². The zero-order chi connectivity index (χ0) is 21.8. The summed E-state index contributed by atoms with van der Waals surface area (Å²) in [6, 6.07) is 11.2. The van der Waals surface area contributed by atoms with Crippen molar-refractivity contribution in [2.75, 3.05) is 18.7 Å². The van der Waals surface area contributed by atoms with Crippen molar-refractivity contribution in [2.24, 2.45) is 5.10 Å². The SMILES string of the molecule is COc1cc(/C=C2\C(=O)N(c3ccc(Cl)c(C(=O)O)c3)N=C2C)ccc1OCC#N. The number of carbonyl (C=O) groups excluding carboxylic acids is 1. The van der Waals surface area contributed by atoms with E-state index in [1.165, 1.54) is 25.3 Å². The highest BCUT2D eigenvalue weighted by Gasteiger charge is 2.29. The van der Waals surface area contributed by atoms with E-state index in [0.29, 0.717) is 34.0 Å². The highest BCUT2D eigenvalue weighted by atomic mass is 35.5. The van der Waals surface area contributed by atoms with E-state index in [1.54, 1.807) is 31.2 Å². The maximum Gasteiger partial charge on any atom is 0.337 e. The van der Waals surface area contributed by atoms with Gasteiger partial charge in [-0.15, -0.1) is 0 Å². The van der Waals surface area contributed by atoms with E-state index in [0.717, 1.165) is 5.01 Å². The summed E-state index contributed by atoms with van der Waals surface area (Å²) in [6.07, 6.45) is 1.64. The van der Waals surface area contributed by atoms with Crippen LogP contribution in [0.2, 0.25) is 5.02 Å². The van der Waals surface area contributed by atoms with Crippen molar-refractivity contribution in [1.82, 2.24) is 0 Å². The van der Waals surface area contributed by atoms with Crippen LogP contribution in [0.5, 0.6) is 11.5 Å². The molecule has 8 nitrogen and oxygen atoms in total. The van der Waals surface area contributed by atoms with Gasteiger partial charge in [0, 0.05) is 0 Å². The van der Waals surface area contributed by atoms with Crippen molar-refractivity contribution < 1.29 is 24.2 Å². The number of nitriles is 1. The Morgan fingerprint density at radius 3 is 2.73 bits per heavy atom. The Labute approximate surface area is 177 Å². The average Bonchev–Trinajstić information content (AvgIpc) is 3.01. The zero-order valence-electron chi connectivity index (χ0n) is 16.0. The maximum atomic E-state index is 12.9. The van der Waals surface area contributed by atoms with Crippen LogP contribution < -0.4 is 14.5 Å². The van der Waals surface area contributed by atoms with Gasteiger partial charge in [-0.1, -0.05) is 17.7 Å². The smallest absolute Gasteiger partial charge is 0.337 e. The van der Waals surface area contributed by atoms with E-state index in [1.807, 2.05) is 6.07 Å². The Morgan fingerprint density at radius 1 is 1.30 bits per heavy atom. The summed E-state index contributed by atoms with van der Waals surface area (Å²) >= 11 is 5.90. The third-order valence-corrected chi connectivity index (χ3v) is 4.61. The molecule has 0 spiro atoms. The third-order valence-electron chi connectivity index (χ3n) is 4.28. The van der Waals surface area contributed by atoms with Gasteiger partial charge in [0.25, 0.3) is 5.91 Å². The normalized spacial score (nSPS) is 14.5. The topological polar surface area (TPSA) is 112 Å². The van der Waals surface area contributed by atoms with Gasteiger partial charge in [0.05, 0.1) is 34.7 Å². The van der Waals surface area contributed by atoms with Crippen LogP contribution in [0.25, 0.3) is 6.08 Å². The summed E-state index contributed by atoms with van der Waals surface area (Å²) in [7, 11) is 1.47. The summed E-state index contributed by atoms with van der Waals surface area (Å²) in [5.74, 6) is -0.778. The minimum Gasteiger partial charge on any atom is -0.493 e. The van der Waals surface area contributed by atoms with Crippen molar-refractivity contribution in [1.29, 1.82) is 5.26 Å². The minimum absolute atomic E-state index is 0.0696. The Hall–Kier alpha value is -3.83. The van der Waals surface area contributed by atoms with E-state index in [4.69, 9.17) is 26.3 Å². The second kappa shape index (κ2) is 8.68. The van der Waals surface area contributed by atoms with Crippen LogP contribution >= 0.6 is 11.6 Å². The molecule has 0 unspecified atom stereocenters. The number of nitrogens with zero attached hydrogens (tertiary/aromatic N) is 3. The van der Waals surface area contributed by atoms with Crippen molar-refractivity contribution in [3.05, 3.63) is 58.1 Å². The van der Waals surface area contributed by atoms with E-state index in [9.17, 15) is 14.7 Å². The Kier molecular flexibility index (Phi) is 6.04. The molecule has 0 radical (unpaired) electrons. The molecule has 1 amide bonds. The van der Waals surface area contributed by atoms with Crippen LogP contribution in [0.4, 0.5) is 5.69 Å². The highest BCUT2D eigenvalue weighted by Crippen LogP contribution is 2.31. The molecule has 1 heterocycles. The monoisotopic (exact) mass is 425 g/mol. The zero-order valence-corrected chi connectivity index (χ0v) is 16.8. The Morgan fingerprint density at radius 2 is 2.07 bits per heavy atom. The Balaban J connectivity index is 1.92. The van der Waals surface area contributed by atoms with Gasteiger partial charge in [-0.25, -0.2) is 4.79 Å². The van der Waals surface area contributed by atoms with Crippen LogP contribution in [0.3, 0.4) is 0 Å². The molecule has 0 atom stereocenters. The number of carboxylic acids is 1. The van der Waals surface area contributed by atoms with Gasteiger partial charge in [-0.2, -0.15) is 15.4 Å². The van der Waals surface area contributed by atoms with Gasteiger partial charge < -0.3 is 14.6 Å². The highest BCUT2D eigenvalue weighted by molar-refractivity contribution is 6.34. The molecule has 30 heavy (non-hydrogen) atoms. The number of hydrogen-bond donors (Lipinski definition) is 1. The predicted molar refractivity (Wildman–Crippen MR) is 111 cm³/mol. The number of amides is 1. The fourth-order valence-electron chi connectivity index (χ4n) is 2.84. The lowest BCUT2D eigenvalue weighted by molar-refractivity contribution is -0.114. The summed E-state index contributed by atoms with van der Waals surface area (Å²) in [6.45, 7) is 1.56. The fraction of sp³-hybridized carbons (Fsp3) is 0.143. The first-order valence-corrected chi connectivity index (χ1v) is 9.06. The number of carbonyl (C=O) groups is 2. The van der Waals surface area contributed by atoms with Crippen LogP contribution in [0.15, 0.2) is 47.1 Å². The van der Waals surface area contributed by atoms with Crippen molar-refractivity contribution in [3.8, 4) is 17.6 Å². The van der Waals surface area contributed by atoms with Gasteiger partial charge >= 0.3 is 5.97 Å². The number of rotatable bonds is 6. The molecular formula is C21H16ClN3O5. The third kappa shape index (κ3) is 4.11. The molecule has 1 N–H and O–H groups in total. The number of methoxy groups -OCH3 is 1. The summed E-state index contributed by atoms with van der Waals surface area (Å²) in [5, 5.41) is 23.4. The largest absolute Gasteiger partial charge is 0.493 e. The molecule has 0 aromatic heterocycles. The van der Waals surface area contributed by atoms with Gasteiger partial charge in [0.1, 0.15) is 6.07 Å². The molecular weight excluding hydrogens is 410 g/mol. The second-order valence-electron chi connectivity index (χ2n) is 6.19. The van der Waals surface area contributed by atoms with Crippen LogP contribution in [-0.2, 0) is 4.79 Å². The van der Waals surface area contributed by atoms with Crippen molar-refractivity contribution >= 4 is 41.0 Å². The van der Waals surface area contributed by atoms with Crippen molar-refractivity contribution in [3.63, 3.8) is 0 Å². The number of hydrogen-bond acceptors (Lipinski definition) is 6. The Bertz CT molecular complexity index is 1130. The molecule has 2 aromatic rings. The van der Waals surface area contributed by atoms with Gasteiger partial charge in [0.2, 0.25) is 0 Å². The van der Waals surface area contributed by atoms with Gasteiger partial charge in [0.15, 0.2) is 18.1 Å². The van der Waals surface area contributed by atoms with E-state index < -0.39 is 11.9 Å². The minimum atomic E-state index is -1.20. The van der Waals surface area contributed by atoms with E-state index in [-0.39, 0.29) is 17.2 Å². The molecule has 1 aliphatic rings. The number of ether oxygens (including phenoxy) is 2. The fourth-order valence-corrected chi connectivity index (χ4v) is 3.04. The molecule has 3 rings (SSSR count). The molecule has 152 valence electrons.